The Morgan fingerprint density at radius 1 is 1.06 bits per heavy atom. The minimum Gasteiger partial charge on any atom is -0.369 e. The highest BCUT2D eigenvalue weighted by Crippen LogP contribution is 2.28. The Balaban J connectivity index is 1.35. The van der Waals surface area contributed by atoms with Gasteiger partial charge in [0, 0.05) is 79.7 Å². The number of nitrogens with one attached hydrogen (secondary N) is 3. The summed E-state index contributed by atoms with van der Waals surface area (Å²) >= 11 is 6.59. The smallest absolute Gasteiger partial charge is 0.191 e. The fraction of sp³-hybridized carbons (Fsp3) is 0.375. The van der Waals surface area contributed by atoms with Gasteiger partial charge in [0.25, 0.3) is 0 Å². The molecule has 3 aromatic rings. The molecule has 2 heterocycles. The van der Waals surface area contributed by atoms with Crippen LogP contribution in [0, 0.1) is 0 Å². The minimum absolute atomic E-state index is 0.633. The Hall–Kier alpha value is -2.70. The van der Waals surface area contributed by atoms with Gasteiger partial charge in [-0.3, -0.25) is 4.99 Å². The molecule has 0 saturated carbocycles. The lowest BCUT2D eigenvalue weighted by molar-refractivity contribution is 0.312. The van der Waals surface area contributed by atoms with Gasteiger partial charge in [0.05, 0.1) is 0 Å². The predicted molar refractivity (Wildman–Crippen MR) is 131 cm³/mol. The number of para-hydroxylation sites is 1. The highest BCUT2D eigenvalue weighted by atomic mass is 35.5. The first-order valence-electron chi connectivity index (χ1n) is 10.9. The zero-order chi connectivity index (χ0) is 21.6. The van der Waals surface area contributed by atoms with Crippen molar-refractivity contribution < 1.29 is 0 Å². The number of fused-ring (bicyclic) bond motifs is 1. The van der Waals surface area contributed by atoms with Gasteiger partial charge in [0.2, 0.25) is 0 Å². The molecule has 2 aromatic carbocycles. The molecular weight excluding hydrogens is 408 g/mol. The lowest BCUT2D eigenvalue weighted by Gasteiger charge is -2.35. The predicted octanol–water partition coefficient (Wildman–Crippen LogP) is 3.48. The van der Waals surface area contributed by atoms with Gasteiger partial charge in [0.15, 0.2) is 5.96 Å². The highest BCUT2D eigenvalue weighted by molar-refractivity contribution is 6.31. The molecule has 6 nitrogen and oxygen atoms in total. The van der Waals surface area contributed by atoms with Gasteiger partial charge in [-0.2, -0.15) is 0 Å². The van der Waals surface area contributed by atoms with E-state index in [9.17, 15) is 0 Å². The van der Waals surface area contributed by atoms with E-state index in [0.717, 1.165) is 55.7 Å². The third-order valence-corrected chi connectivity index (χ3v) is 6.31. The number of hydrogen-bond donors (Lipinski definition) is 3. The highest BCUT2D eigenvalue weighted by Gasteiger charge is 2.18. The van der Waals surface area contributed by atoms with Crippen molar-refractivity contribution in [3.05, 3.63) is 64.8 Å². The van der Waals surface area contributed by atoms with Crippen molar-refractivity contribution >= 4 is 34.2 Å². The van der Waals surface area contributed by atoms with E-state index in [1.165, 1.54) is 22.2 Å². The van der Waals surface area contributed by atoms with E-state index in [1.54, 1.807) is 7.05 Å². The van der Waals surface area contributed by atoms with Gasteiger partial charge >= 0.3 is 0 Å². The number of H-pyrrole nitrogens is 1. The third kappa shape index (κ3) is 5.14. The summed E-state index contributed by atoms with van der Waals surface area (Å²) in [5.74, 6) is 0.782. The normalized spacial score (nSPS) is 15.5. The SMILES string of the molecule is CN=C(NCCc1c[nH]c2ccccc12)NCc1c(Cl)cccc1N1CCN(C)CC1. The third-order valence-electron chi connectivity index (χ3n) is 5.96. The second kappa shape index (κ2) is 10.1. The number of guanidine groups is 1. The summed E-state index contributed by atoms with van der Waals surface area (Å²) in [5, 5.41) is 8.94. The lowest BCUT2D eigenvalue weighted by atomic mass is 10.1. The molecule has 0 aliphatic carbocycles. The number of halogens is 1. The van der Waals surface area contributed by atoms with Crippen LogP contribution in [0.4, 0.5) is 5.69 Å². The first-order chi connectivity index (χ1) is 15.2. The maximum atomic E-state index is 6.59. The van der Waals surface area contributed by atoms with Crippen LogP contribution in [0.15, 0.2) is 53.7 Å². The fourth-order valence-electron chi connectivity index (χ4n) is 4.11. The molecule has 164 valence electrons. The number of anilines is 1. The molecule has 3 N–H and O–H groups in total. The van der Waals surface area contributed by atoms with Crippen LogP contribution >= 0.6 is 11.6 Å². The molecule has 1 saturated heterocycles. The second-order valence-electron chi connectivity index (χ2n) is 7.99. The number of benzene rings is 2. The molecule has 1 fully saturated rings. The molecule has 1 aliphatic rings. The Morgan fingerprint density at radius 3 is 2.68 bits per heavy atom. The van der Waals surface area contributed by atoms with E-state index < -0.39 is 0 Å². The first-order valence-corrected chi connectivity index (χ1v) is 11.2. The van der Waals surface area contributed by atoms with Crippen molar-refractivity contribution in [3.8, 4) is 0 Å². The van der Waals surface area contributed by atoms with Crippen LogP contribution in [-0.2, 0) is 13.0 Å². The number of aromatic amines is 1. The van der Waals surface area contributed by atoms with Crippen LogP contribution < -0.4 is 15.5 Å². The summed E-state index contributed by atoms with van der Waals surface area (Å²) in [6.45, 7) is 5.60. The van der Waals surface area contributed by atoms with Crippen molar-refractivity contribution in [1.82, 2.24) is 20.5 Å². The van der Waals surface area contributed by atoms with Crippen LogP contribution in [0.5, 0.6) is 0 Å². The molecular formula is C24H31ClN6. The number of piperazine rings is 1. The van der Waals surface area contributed by atoms with E-state index in [0.29, 0.717) is 6.54 Å². The number of aromatic nitrogens is 1. The fourth-order valence-corrected chi connectivity index (χ4v) is 4.35. The van der Waals surface area contributed by atoms with Gasteiger partial charge < -0.3 is 25.4 Å². The summed E-state index contributed by atoms with van der Waals surface area (Å²) in [6, 6.07) is 14.6. The average molecular weight is 439 g/mol. The lowest BCUT2D eigenvalue weighted by Crippen LogP contribution is -2.45. The van der Waals surface area contributed by atoms with Crippen LogP contribution in [0.2, 0.25) is 5.02 Å². The van der Waals surface area contributed by atoms with Crippen molar-refractivity contribution in [1.29, 1.82) is 0 Å². The second-order valence-corrected chi connectivity index (χ2v) is 8.40. The number of hydrogen-bond acceptors (Lipinski definition) is 3. The molecule has 0 spiro atoms. The molecule has 1 aromatic heterocycles. The molecule has 0 radical (unpaired) electrons. The Kier molecular flexibility index (Phi) is 6.99. The Morgan fingerprint density at radius 2 is 1.87 bits per heavy atom. The monoisotopic (exact) mass is 438 g/mol. The van der Waals surface area contributed by atoms with E-state index in [1.807, 2.05) is 12.1 Å². The van der Waals surface area contributed by atoms with Crippen LogP contribution in [0.1, 0.15) is 11.1 Å². The minimum atomic E-state index is 0.633. The van der Waals surface area contributed by atoms with Crippen LogP contribution in [0.25, 0.3) is 10.9 Å². The summed E-state index contributed by atoms with van der Waals surface area (Å²) in [6.07, 6.45) is 3.01. The largest absolute Gasteiger partial charge is 0.369 e. The van der Waals surface area contributed by atoms with Gasteiger partial charge in [0.1, 0.15) is 0 Å². The molecule has 31 heavy (non-hydrogen) atoms. The molecule has 0 atom stereocenters. The van der Waals surface area contributed by atoms with Crippen LogP contribution in [-0.4, -0.2) is 62.7 Å². The number of aliphatic imine (C=N–C) groups is 1. The topological polar surface area (TPSA) is 58.7 Å². The van der Waals surface area contributed by atoms with E-state index in [-0.39, 0.29) is 0 Å². The van der Waals surface area contributed by atoms with Crippen molar-refractivity contribution in [2.45, 2.75) is 13.0 Å². The van der Waals surface area contributed by atoms with Gasteiger partial charge in [-0.25, -0.2) is 0 Å². The van der Waals surface area contributed by atoms with E-state index in [4.69, 9.17) is 11.6 Å². The van der Waals surface area contributed by atoms with Crippen LogP contribution in [0.3, 0.4) is 0 Å². The van der Waals surface area contributed by atoms with Crippen molar-refractivity contribution in [2.24, 2.45) is 4.99 Å². The number of likely N-dealkylation sites (N-methyl/N-ethyl adjacent to an activating group) is 1. The van der Waals surface area contributed by atoms with E-state index >= 15 is 0 Å². The zero-order valence-electron chi connectivity index (χ0n) is 18.3. The van der Waals surface area contributed by atoms with E-state index in [2.05, 4.69) is 74.0 Å². The van der Waals surface area contributed by atoms with Gasteiger partial charge in [-0.15, -0.1) is 0 Å². The molecule has 0 bridgehead atoms. The maximum absolute atomic E-state index is 6.59. The summed E-state index contributed by atoms with van der Waals surface area (Å²) in [7, 11) is 3.97. The Bertz CT molecular complexity index is 1040. The average Bonchev–Trinajstić information content (AvgIpc) is 3.20. The van der Waals surface area contributed by atoms with Gasteiger partial charge in [-0.1, -0.05) is 35.9 Å². The van der Waals surface area contributed by atoms with Gasteiger partial charge in [-0.05, 0) is 37.2 Å². The molecule has 0 amide bonds. The zero-order valence-corrected chi connectivity index (χ0v) is 19.0. The Labute approximate surface area is 189 Å². The maximum Gasteiger partial charge on any atom is 0.191 e. The summed E-state index contributed by atoms with van der Waals surface area (Å²) in [4.78, 5) is 12.5. The van der Waals surface area contributed by atoms with Crippen molar-refractivity contribution in [2.75, 3.05) is 51.7 Å². The molecule has 0 unspecified atom stereocenters. The summed E-state index contributed by atoms with van der Waals surface area (Å²) < 4.78 is 0. The summed E-state index contributed by atoms with van der Waals surface area (Å²) in [5.41, 5.74) is 4.81. The number of rotatable bonds is 6. The number of nitrogens with zero attached hydrogens (tertiary/aromatic N) is 3. The molecule has 7 heteroatoms. The standard InChI is InChI=1S/C24H31ClN6/c1-26-24(27-11-10-18-16-28-22-8-4-3-6-19(18)22)29-17-20-21(25)7-5-9-23(20)31-14-12-30(2)13-15-31/h3-9,16,28H,10-15,17H2,1-2H3,(H2,26,27,29). The van der Waals surface area contributed by atoms with Crippen molar-refractivity contribution in [3.63, 3.8) is 0 Å². The molecule has 1 aliphatic heterocycles. The first kappa shape index (κ1) is 21.5. The quantitative estimate of drug-likeness (QED) is 0.407. The molecule has 4 rings (SSSR count).